The molecule has 0 spiro atoms. The summed E-state index contributed by atoms with van der Waals surface area (Å²) in [6, 6.07) is 4.41. The van der Waals surface area contributed by atoms with Crippen LogP contribution in [0, 0.1) is 6.92 Å². The molecule has 0 radical (unpaired) electrons. The number of allylic oxidation sites excluding steroid dienone is 1. The number of nitrogens with one attached hydrogen (secondary N) is 1. The van der Waals surface area contributed by atoms with Gasteiger partial charge in [-0.1, -0.05) is 12.2 Å². The number of hydrogen-bond acceptors (Lipinski definition) is 3. The fourth-order valence-corrected chi connectivity index (χ4v) is 3.07. The summed E-state index contributed by atoms with van der Waals surface area (Å²) in [5.74, 6) is -0.179. The Labute approximate surface area is 123 Å². The molecule has 1 aromatic carbocycles. The van der Waals surface area contributed by atoms with Crippen molar-refractivity contribution in [2.24, 2.45) is 0 Å². The number of hydrogen-bond donors (Lipinski definition) is 1. The maximum atomic E-state index is 12.2. The van der Waals surface area contributed by atoms with Crippen LogP contribution < -0.4 is 5.32 Å². The van der Waals surface area contributed by atoms with Gasteiger partial charge in [0.05, 0.1) is 4.90 Å². The summed E-state index contributed by atoms with van der Waals surface area (Å²) in [6.45, 7) is 1.70. The van der Waals surface area contributed by atoms with Crippen LogP contribution in [0.5, 0.6) is 0 Å². The highest BCUT2D eigenvalue weighted by Gasteiger charge is 2.18. The van der Waals surface area contributed by atoms with Crippen LogP contribution in [-0.2, 0) is 9.05 Å². The van der Waals surface area contributed by atoms with Crippen molar-refractivity contribution in [3.05, 3.63) is 41.5 Å². The van der Waals surface area contributed by atoms with Gasteiger partial charge in [0.15, 0.2) is 0 Å². The first-order chi connectivity index (χ1) is 9.38. The molecule has 0 fully saturated rings. The lowest BCUT2D eigenvalue weighted by molar-refractivity contribution is 0.0934. The van der Waals surface area contributed by atoms with E-state index in [0.717, 1.165) is 19.3 Å². The van der Waals surface area contributed by atoms with E-state index in [0.29, 0.717) is 11.1 Å². The van der Waals surface area contributed by atoms with Crippen LogP contribution >= 0.6 is 10.7 Å². The number of amides is 1. The first kappa shape index (κ1) is 15.1. The molecule has 0 saturated heterocycles. The average Bonchev–Trinajstić information content (AvgIpc) is 2.38. The third-order valence-corrected chi connectivity index (χ3v) is 4.68. The van der Waals surface area contributed by atoms with Crippen molar-refractivity contribution in [2.75, 3.05) is 0 Å². The second-order valence-electron chi connectivity index (χ2n) is 4.87. The van der Waals surface area contributed by atoms with Gasteiger partial charge in [-0.2, -0.15) is 0 Å². The van der Waals surface area contributed by atoms with Gasteiger partial charge in [-0.3, -0.25) is 4.79 Å². The van der Waals surface area contributed by atoms with Crippen LogP contribution in [0.2, 0.25) is 0 Å². The number of halogens is 1. The molecular formula is C14H16ClNO3S. The fraction of sp³-hybridized carbons (Fsp3) is 0.357. The molecule has 0 saturated carbocycles. The lowest BCUT2D eigenvalue weighted by Gasteiger charge is -2.20. The smallest absolute Gasteiger partial charge is 0.261 e. The molecule has 2 rings (SSSR count). The van der Waals surface area contributed by atoms with Crippen molar-refractivity contribution >= 4 is 25.6 Å². The lowest BCUT2D eigenvalue weighted by atomic mass is 10.0. The minimum absolute atomic E-state index is 0.00816. The van der Waals surface area contributed by atoms with Crippen molar-refractivity contribution in [3.63, 3.8) is 0 Å². The summed E-state index contributed by atoms with van der Waals surface area (Å²) in [4.78, 5) is 12.2. The first-order valence-corrected chi connectivity index (χ1v) is 8.70. The van der Waals surface area contributed by atoms with Gasteiger partial charge in [0.25, 0.3) is 15.0 Å². The molecule has 20 heavy (non-hydrogen) atoms. The summed E-state index contributed by atoms with van der Waals surface area (Å²) in [7, 11) is 1.52. The van der Waals surface area contributed by atoms with Crippen LogP contribution in [0.4, 0.5) is 0 Å². The van der Waals surface area contributed by atoms with Crippen molar-refractivity contribution in [3.8, 4) is 0 Å². The van der Waals surface area contributed by atoms with Crippen molar-refractivity contribution in [1.82, 2.24) is 5.32 Å². The van der Waals surface area contributed by atoms with Crippen LogP contribution in [0.1, 0.15) is 35.2 Å². The van der Waals surface area contributed by atoms with E-state index in [1.165, 1.54) is 18.2 Å². The number of benzene rings is 1. The highest BCUT2D eigenvalue weighted by atomic mass is 35.7. The molecule has 1 unspecified atom stereocenters. The first-order valence-electron chi connectivity index (χ1n) is 6.39. The third kappa shape index (κ3) is 3.61. The SMILES string of the molecule is Cc1cc(S(=O)(=O)Cl)ccc1C(=O)NC1CC=CCC1. The Morgan fingerprint density at radius 1 is 1.35 bits per heavy atom. The largest absolute Gasteiger partial charge is 0.349 e. The Morgan fingerprint density at radius 3 is 2.65 bits per heavy atom. The van der Waals surface area contributed by atoms with Crippen molar-refractivity contribution < 1.29 is 13.2 Å². The predicted octanol–water partition coefficient (Wildman–Crippen LogP) is 2.76. The van der Waals surface area contributed by atoms with Crippen LogP contribution in [-0.4, -0.2) is 20.4 Å². The van der Waals surface area contributed by atoms with E-state index in [1.54, 1.807) is 6.92 Å². The average molecular weight is 314 g/mol. The zero-order valence-electron chi connectivity index (χ0n) is 11.1. The predicted molar refractivity (Wildman–Crippen MR) is 78.5 cm³/mol. The van der Waals surface area contributed by atoms with Gasteiger partial charge in [-0.15, -0.1) is 0 Å². The summed E-state index contributed by atoms with van der Waals surface area (Å²) >= 11 is 0. The zero-order chi connectivity index (χ0) is 14.8. The Kier molecular flexibility index (Phi) is 4.50. The summed E-state index contributed by atoms with van der Waals surface area (Å²) in [5.41, 5.74) is 1.07. The maximum absolute atomic E-state index is 12.2. The minimum Gasteiger partial charge on any atom is -0.349 e. The van der Waals surface area contributed by atoms with Gasteiger partial charge < -0.3 is 5.32 Å². The second kappa shape index (κ2) is 5.97. The Balaban J connectivity index is 2.16. The highest BCUT2D eigenvalue weighted by Crippen LogP contribution is 2.19. The number of rotatable bonds is 3. The van der Waals surface area contributed by atoms with Crippen LogP contribution in [0.3, 0.4) is 0 Å². The summed E-state index contributed by atoms with van der Waals surface area (Å²) < 4.78 is 22.5. The van der Waals surface area contributed by atoms with E-state index in [2.05, 4.69) is 17.5 Å². The number of aryl methyl sites for hydroxylation is 1. The van der Waals surface area contributed by atoms with Crippen molar-refractivity contribution in [2.45, 2.75) is 37.1 Å². The van der Waals surface area contributed by atoms with Crippen LogP contribution in [0.15, 0.2) is 35.2 Å². The molecule has 1 atom stereocenters. The third-order valence-electron chi connectivity index (χ3n) is 3.33. The molecule has 1 aliphatic carbocycles. The second-order valence-corrected chi connectivity index (χ2v) is 7.44. The molecule has 0 aliphatic heterocycles. The molecule has 4 nitrogen and oxygen atoms in total. The van der Waals surface area contributed by atoms with Gasteiger partial charge in [0.1, 0.15) is 0 Å². The van der Waals surface area contributed by atoms with E-state index in [9.17, 15) is 13.2 Å². The zero-order valence-corrected chi connectivity index (χ0v) is 12.7. The molecule has 1 aromatic rings. The van der Waals surface area contributed by atoms with Crippen molar-refractivity contribution in [1.29, 1.82) is 0 Å². The number of carbonyl (C=O) groups excluding carboxylic acids is 1. The van der Waals surface area contributed by atoms with E-state index in [4.69, 9.17) is 10.7 Å². The molecule has 1 N–H and O–H groups in total. The van der Waals surface area contributed by atoms with E-state index in [-0.39, 0.29) is 16.8 Å². The minimum atomic E-state index is -3.76. The normalized spacial score (nSPS) is 18.8. The fourth-order valence-electron chi connectivity index (χ4n) is 2.23. The topological polar surface area (TPSA) is 63.2 Å². The quantitative estimate of drug-likeness (QED) is 0.689. The highest BCUT2D eigenvalue weighted by molar-refractivity contribution is 8.13. The Bertz CT molecular complexity index is 652. The van der Waals surface area contributed by atoms with E-state index in [1.807, 2.05) is 0 Å². The molecule has 0 aromatic heterocycles. The van der Waals surface area contributed by atoms with Gasteiger partial charge in [-0.25, -0.2) is 8.42 Å². The van der Waals surface area contributed by atoms with Crippen LogP contribution in [0.25, 0.3) is 0 Å². The monoisotopic (exact) mass is 313 g/mol. The van der Waals surface area contributed by atoms with Gasteiger partial charge >= 0.3 is 0 Å². The molecule has 108 valence electrons. The maximum Gasteiger partial charge on any atom is 0.261 e. The van der Waals surface area contributed by atoms with E-state index < -0.39 is 9.05 Å². The summed E-state index contributed by atoms with van der Waals surface area (Å²) in [6.07, 6.45) is 6.89. The molecule has 6 heteroatoms. The van der Waals surface area contributed by atoms with Gasteiger partial charge in [0.2, 0.25) is 0 Å². The standard InChI is InChI=1S/C14H16ClNO3S/c1-10-9-12(20(15,18)19)7-8-13(10)14(17)16-11-5-3-2-4-6-11/h2-3,7-9,11H,4-6H2,1H3,(H,16,17). The molecule has 1 amide bonds. The molecule has 0 heterocycles. The lowest BCUT2D eigenvalue weighted by Crippen LogP contribution is -2.35. The van der Waals surface area contributed by atoms with Gasteiger partial charge in [-0.05, 0) is 49.9 Å². The molecular weight excluding hydrogens is 298 g/mol. The number of carbonyl (C=O) groups is 1. The molecule has 1 aliphatic rings. The van der Waals surface area contributed by atoms with Gasteiger partial charge in [0, 0.05) is 22.3 Å². The Morgan fingerprint density at radius 2 is 2.10 bits per heavy atom. The Hall–Kier alpha value is -1.33. The molecule has 0 bridgehead atoms. The summed E-state index contributed by atoms with van der Waals surface area (Å²) in [5, 5.41) is 2.96. The van der Waals surface area contributed by atoms with E-state index >= 15 is 0 Å².